The van der Waals surface area contributed by atoms with Crippen LogP contribution in [0.4, 0.5) is 5.82 Å². The smallest absolute Gasteiger partial charge is 0.335 e. The van der Waals surface area contributed by atoms with E-state index < -0.39 is 5.97 Å². The normalized spacial score (nSPS) is 10.8. The molecule has 0 saturated carbocycles. The molecule has 0 atom stereocenters. The molecule has 0 saturated heterocycles. The molecule has 2 aromatic rings. The van der Waals surface area contributed by atoms with Gasteiger partial charge in [0.15, 0.2) is 0 Å². The first kappa shape index (κ1) is 15.0. The van der Waals surface area contributed by atoms with Gasteiger partial charge in [-0.25, -0.2) is 9.78 Å². The van der Waals surface area contributed by atoms with Crippen LogP contribution in [-0.2, 0) is 6.54 Å². The van der Waals surface area contributed by atoms with Gasteiger partial charge in [0.2, 0.25) is 0 Å². The topological polar surface area (TPSA) is 80.0 Å². The maximum absolute atomic E-state index is 11.1. The fourth-order valence-corrected chi connectivity index (χ4v) is 1.95. The number of hydrogen-bond donors (Lipinski definition) is 2. The molecule has 0 radical (unpaired) electrons. The lowest BCUT2D eigenvalue weighted by Crippen LogP contribution is -2.10. The predicted octanol–water partition coefficient (Wildman–Crippen LogP) is 2.60. The van der Waals surface area contributed by atoms with E-state index in [2.05, 4.69) is 15.4 Å². The molecule has 0 aliphatic heterocycles. The number of aromatic nitrogens is 3. The van der Waals surface area contributed by atoms with E-state index in [1.165, 1.54) is 0 Å². The Morgan fingerprint density at radius 3 is 2.86 bits per heavy atom. The third-order valence-corrected chi connectivity index (χ3v) is 3.11. The van der Waals surface area contributed by atoms with Gasteiger partial charge in [-0.3, -0.25) is 4.68 Å². The second-order valence-electron chi connectivity index (χ2n) is 5.18. The van der Waals surface area contributed by atoms with Gasteiger partial charge in [-0.1, -0.05) is 13.8 Å². The number of carbonyl (C=O) groups is 1. The van der Waals surface area contributed by atoms with E-state index in [-0.39, 0.29) is 11.5 Å². The summed E-state index contributed by atoms with van der Waals surface area (Å²) in [6, 6.07) is 5.09. The minimum absolute atomic E-state index is 0.189. The van der Waals surface area contributed by atoms with Gasteiger partial charge in [0, 0.05) is 31.2 Å². The summed E-state index contributed by atoms with van der Waals surface area (Å²) in [6.07, 6.45) is 4.55. The van der Waals surface area contributed by atoms with E-state index in [4.69, 9.17) is 5.11 Å². The minimum Gasteiger partial charge on any atom is -0.478 e. The molecule has 0 aliphatic rings. The summed E-state index contributed by atoms with van der Waals surface area (Å²) in [4.78, 5) is 15.6. The lowest BCUT2D eigenvalue weighted by molar-refractivity contribution is 0.0696. The quantitative estimate of drug-likeness (QED) is 0.765. The van der Waals surface area contributed by atoms with Crippen molar-refractivity contribution in [2.45, 2.75) is 32.7 Å². The molecule has 2 aromatic heterocycles. The first-order valence-electron chi connectivity index (χ1n) is 7.03. The monoisotopic (exact) mass is 288 g/mol. The molecule has 2 N–H and O–H groups in total. The van der Waals surface area contributed by atoms with Crippen molar-refractivity contribution >= 4 is 11.8 Å². The summed E-state index contributed by atoms with van der Waals surface area (Å²) in [5.41, 5.74) is 1.05. The van der Waals surface area contributed by atoms with Crippen LogP contribution in [0.3, 0.4) is 0 Å². The third kappa shape index (κ3) is 4.30. The van der Waals surface area contributed by atoms with Crippen LogP contribution in [0.2, 0.25) is 0 Å². The maximum atomic E-state index is 11.1. The molecule has 0 aromatic carbocycles. The van der Waals surface area contributed by atoms with Crippen LogP contribution in [0.5, 0.6) is 0 Å². The number of hydrogen-bond acceptors (Lipinski definition) is 4. The Morgan fingerprint density at radius 1 is 1.43 bits per heavy atom. The van der Waals surface area contributed by atoms with Gasteiger partial charge in [0.1, 0.15) is 5.82 Å². The molecule has 21 heavy (non-hydrogen) atoms. The van der Waals surface area contributed by atoms with Crippen LogP contribution in [0, 0.1) is 0 Å². The van der Waals surface area contributed by atoms with Crippen molar-refractivity contribution in [3.8, 4) is 0 Å². The van der Waals surface area contributed by atoms with Crippen LogP contribution >= 0.6 is 0 Å². The van der Waals surface area contributed by atoms with E-state index in [0.29, 0.717) is 12.4 Å². The highest BCUT2D eigenvalue weighted by atomic mass is 16.4. The van der Waals surface area contributed by atoms with E-state index in [1.54, 1.807) is 18.3 Å². The van der Waals surface area contributed by atoms with E-state index in [9.17, 15) is 4.79 Å². The Balaban J connectivity index is 1.96. The maximum Gasteiger partial charge on any atom is 0.335 e. The number of carboxylic acids is 1. The molecule has 2 heterocycles. The fraction of sp³-hybridized carbons (Fsp3) is 0.400. The number of aromatic carboxylic acids is 1. The van der Waals surface area contributed by atoms with Crippen molar-refractivity contribution in [1.29, 1.82) is 0 Å². The number of nitrogens with zero attached hydrogens (tertiary/aromatic N) is 3. The second-order valence-corrected chi connectivity index (χ2v) is 5.18. The lowest BCUT2D eigenvalue weighted by atomic mass is 10.1. The number of pyridine rings is 1. The largest absolute Gasteiger partial charge is 0.478 e. The summed E-state index contributed by atoms with van der Waals surface area (Å²) in [5.74, 6) is -0.133. The Labute approximate surface area is 123 Å². The average Bonchev–Trinajstić information content (AvgIpc) is 2.96. The second kappa shape index (κ2) is 6.88. The van der Waals surface area contributed by atoms with Crippen LogP contribution in [0.25, 0.3) is 0 Å². The van der Waals surface area contributed by atoms with Crippen molar-refractivity contribution in [3.05, 3.63) is 41.9 Å². The first-order chi connectivity index (χ1) is 10.1. The molecule has 0 fully saturated rings. The molecule has 6 nitrogen and oxygen atoms in total. The van der Waals surface area contributed by atoms with Gasteiger partial charge < -0.3 is 10.4 Å². The molecule has 0 spiro atoms. The highest BCUT2D eigenvalue weighted by molar-refractivity contribution is 5.88. The van der Waals surface area contributed by atoms with Crippen LogP contribution < -0.4 is 5.32 Å². The van der Waals surface area contributed by atoms with Gasteiger partial charge in [0.25, 0.3) is 0 Å². The molecule has 0 amide bonds. The fourth-order valence-electron chi connectivity index (χ4n) is 1.95. The zero-order valence-electron chi connectivity index (χ0n) is 12.3. The Bertz CT molecular complexity index is 594. The molecule has 112 valence electrons. The van der Waals surface area contributed by atoms with Crippen LogP contribution in [-0.4, -0.2) is 32.4 Å². The number of nitrogens with one attached hydrogen (secondary N) is 1. The zero-order valence-corrected chi connectivity index (χ0v) is 12.3. The minimum atomic E-state index is -0.932. The van der Waals surface area contributed by atoms with Gasteiger partial charge in [0.05, 0.1) is 5.56 Å². The van der Waals surface area contributed by atoms with Crippen molar-refractivity contribution in [1.82, 2.24) is 14.8 Å². The van der Waals surface area contributed by atoms with Crippen LogP contribution in [0.15, 0.2) is 30.6 Å². The highest BCUT2D eigenvalue weighted by Gasteiger charge is 2.10. The Hall–Kier alpha value is -2.37. The zero-order chi connectivity index (χ0) is 15.2. The molecular formula is C15H20N4O2. The van der Waals surface area contributed by atoms with E-state index >= 15 is 0 Å². The number of carboxylic acid groups (broad SMARTS) is 1. The lowest BCUT2D eigenvalue weighted by Gasteiger charge is -2.11. The summed E-state index contributed by atoms with van der Waals surface area (Å²) in [5, 5.41) is 16.5. The van der Waals surface area contributed by atoms with Gasteiger partial charge in [-0.15, -0.1) is 0 Å². The Morgan fingerprint density at radius 2 is 2.24 bits per heavy atom. The summed E-state index contributed by atoms with van der Waals surface area (Å²) in [7, 11) is 0. The molecule has 6 heteroatoms. The summed E-state index contributed by atoms with van der Waals surface area (Å²) >= 11 is 0. The molecule has 0 aliphatic carbocycles. The van der Waals surface area contributed by atoms with Crippen molar-refractivity contribution < 1.29 is 9.90 Å². The van der Waals surface area contributed by atoms with Gasteiger partial charge in [-0.05, 0) is 30.5 Å². The van der Waals surface area contributed by atoms with E-state index in [0.717, 1.165) is 18.7 Å². The van der Waals surface area contributed by atoms with Gasteiger partial charge >= 0.3 is 5.97 Å². The van der Waals surface area contributed by atoms with Crippen molar-refractivity contribution in [3.63, 3.8) is 0 Å². The van der Waals surface area contributed by atoms with E-state index in [1.807, 2.05) is 30.8 Å². The summed E-state index contributed by atoms with van der Waals surface area (Å²) in [6.45, 7) is 5.52. The standard InChI is InChI=1S/C15H20N4O2/c1-11(2)13-9-12(15(20)21)10-14(18-13)16-5-3-7-19-8-4-6-17-19/h4,6,8-11H,3,5,7H2,1-2H3,(H,16,18)(H,20,21). The SMILES string of the molecule is CC(C)c1cc(C(=O)O)cc(NCCCn2cccn2)n1. The molecule has 2 rings (SSSR count). The first-order valence-corrected chi connectivity index (χ1v) is 7.03. The number of aryl methyl sites for hydroxylation is 1. The molecular weight excluding hydrogens is 268 g/mol. The highest BCUT2D eigenvalue weighted by Crippen LogP contribution is 2.17. The molecule has 0 bridgehead atoms. The number of anilines is 1. The molecule has 0 unspecified atom stereocenters. The summed E-state index contributed by atoms with van der Waals surface area (Å²) < 4.78 is 1.86. The van der Waals surface area contributed by atoms with Crippen molar-refractivity contribution in [2.24, 2.45) is 0 Å². The van der Waals surface area contributed by atoms with Crippen LogP contribution in [0.1, 0.15) is 42.2 Å². The average molecular weight is 288 g/mol. The predicted molar refractivity (Wildman–Crippen MR) is 80.6 cm³/mol. The third-order valence-electron chi connectivity index (χ3n) is 3.11. The van der Waals surface area contributed by atoms with Gasteiger partial charge in [-0.2, -0.15) is 5.10 Å². The van der Waals surface area contributed by atoms with Crippen molar-refractivity contribution in [2.75, 3.05) is 11.9 Å². The number of rotatable bonds is 7. The Kier molecular flexibility index (Phi) is 4.92.